The molecule has 0 N–H and O–H groups in total. The first-order valence-electron chi connectivity index (χ1n) is 8.78. The van der Waals surface area contributed by atoms with E-state index in [0.717, 1.165) is 36.5 Å². The van der Waals surface area contributed by atoms with Gasteiger partial charge in [0.15, 0.2) is 6.61 Å². The van der Waals surface area contributed by atoms with Crippen molar-refractivity contribution in [3.8, 4) is 11.5 Å². The van der Waals surface area contributed by atoms with Gasteiger partial charge in [-0.25, -0.2) is 4.98 Å². The zero-order chi connectivity index (χ0) is 18.5. The molecule has 0 radical (unpaired) electrons. The Morgan fingerprint density at radius 2 is 1.96 bits per heavy atom. The first-order valence-corrected chi connectivity index (χ1v) is 8.78. The number of hydrogen-bond acceptors (Lipinski definition) is 5. The van der Waals surface area contributed by atoms with Gasteiger partial charge >= 0.3 is 0 Å². The zero-order valence-electron chi connectivity index (χ0n) is 15.5. The number of rotatable bonds is 6. The highest BCUT2D eigenvalue weighted by Crippen LogP contribution is 2.33. The molecule has 6 nitrogen and oxygen atoms in total. The molecular formula is C20H25N3O3. The number of carbonyl (C=O) groups excluding carboxylic acids is 1. The van der Waals surface area contributed by atoms with E-state index >= 15 is 0 Å². The molecule has 2 aromatic rings. The fourth-order valence-electron chi connectivity index (χ4n) is 3.20. The summed E-state index contributed by atoms with van der Waals surface area (Å²) in [6, 6.07) is 11.4. The van der Waals surface area contributed by atoms with Crippen molar-refractivity contribution in [2.45, 2.75) is 18.9 Å². The largest absolute Gasteiger partial charge is 0.497 e. The van der Waals surface area contributed by atoms with Crippen molar-refractivity contribution in [2.75, 3.05) is 39.3 Å². The maximum atomic E-state index is 12.7. The first kappa shape index (κ1) is 18.0. The third-order valence-corrected chi connectivity index (χ3v) is 4.61. The Morgan fingerprint density at radius 1 is 1.23 bits per heavy atom. The predicted molar refractivity (Wildman–Crippen MR) is 101 cm³/mol. The third kappa shape index (κ3) is 4.07. The molecule has 0 spiro atoms. The van der Waals surface area contributed by atoms with Gasteiger partial charge in [-0.3, -0.25) is 4.79 Å². The number of methoxy groups -OCH3 is 1. The maximum absolute atomic E-state index is 12.7. The van der Waals surface area contributed by atoms with Gasteiger partial charge in [0.1, 0.15) is 17.3 Å². The summed E-state index contributed by atoms with van der Waals surface area (Å²) in [5.74, 6) is 2.33. The Bertz CT molecular complexity index is 746. The Kier molecular flexibility index (Phi) is 5.61. The third-order valence-electron chi connectivity index (χ3n) is 4.61. The van der Waals surface area contributed by atoms with Crippen LogP contribution in [0.15, 0.2) is 42.6 Å². The highest BCUT2D eigenvalue weighted by molar-refractivity contribution is 5.78. The molecule has 1 atom stereocenters. The standard InChI is InChI=1S/C20H25N3O3/c1-22(2)19-13-15(10-11-21-19)18-5-4-12-23(18)20(24)14-26-17-8-6-16(25-3)7-9-17/h6-11,13,18H,4-5,12,14H2,1-3H3. The molecule has 1 aliphatic heterocycles. The molecule has 2 heterocycles. The SMILES string of the molecule is COc1ccc(OCC(=O)N2CCCC2c2ccnc(N(C)C)c2)cc1. The number of anilines is 1. The van der Waals surface area contributed by atoms with E-state index in [0.29, 0.717) is 5.75 Å². The number of aromatic nitrogens is 1. The zero-order valence-corrected chi connectivity index (χ0v) is 15.5. The number of nitrogens with zero attached hydrogens (tertiary/aromatic N) is 3. The van der Waals surface area contributed by atoms with Gasteiger partial charge in [0, 0.05) is 26.8 Å². The molecule has 0 saturated carbocycles. The van der Waals surface area contributed by atoms with Gasteiger partial charge < -0.3 is 19.3 Å². The molecule has 1 amide bonds. The van der Waals surface area contributed by atoms with E-state index in [1.54, 1.807) is 25.4 Å². The fourth-order valence-corrected chi connectivity index (χ4v) is 3.20. The minimum absolute atomic E-state index is 0.00605. The van der Waals surface area contributed by atoms with Crippen molar-refractivity contribution in [3.63, 3.8) is 0 Å². The monoisotopic (exact) mass is 355 g/mol. The van der Waals surface area contributed by atoms with Gasteiger partial charge in [0.25, 0.3) is 5.91 Å². The second-order valence-corrected chi connectivity index (χ2v) is 6.55. The molecule has 1 unspecified atom stereocenters. The summed E-state index contributed by atoms with van der Waals surface area (Å²) < 4.78 is 10.8. The van der Waals surface area contributed by atoms with Gasteiger partial charge in [-0.1, -0.05) is 0 Å². The van der Waals surface area contributed by atoms with E-state index < -0.39 is 0 Å². The normalized spacial score (nSPS) is 16.4. The minimum Gasteiger partial charge on any atom is -0.497 e. The summed E-state index contributed by atoms with van der Waals surface area (Å²) >= 11 is 0. The number of ether oxygens (including phenoxy) is 2. The topological polar surface area (TPSA) is 54.9 Å². The van der Waals surface area contributed by atoms with Crippen LogP contribution in [-0.4, -0.2) is 50.1 Å². The van der Waals surface area contributed by atoms with E-state index in [4.69, 9.17) is 9.47 Å². The molecule has 1 saturated heterocycles. The average Bonchev–Trinajstić information content (AvgIpc) is 3.16. The van der Waals surface area contributed by atoms with Crippen LogP contribution in [-0.2, 0) is 4.79 Å². The van der Waals surface area contributed by atoms with Gasteiger partial charge in [0.05, 0.1) is 13.2 Å². The molecule has 0 bridgehead atoms. The van der Waals surface area contributed by atoms with Crippen LogP contribution in [0.4, 0.5) is 5.82 Å². The van der Waals surface area contributed by atoms with E-state index in [9.17, 15) is 4.79 Å². The fraction of sp³-hybridized carbons (Fsp3) is 0.400. The highest BCUT2D eigenvalue weighted by Gasteiger charge is 2.30. The summed E-state index contributed by atoms with van der Waals surface area (Å²) in [6.07, 6.45) is 3.77. The molecule has 138 valence electrons. The van der Waals surface area contributed by atoms with Crippen LogP contribution in [0.2, 0.25) is 0 Å². The summed E-state index contributed by atoms with van der Waals surface area (Å²) in [7, 11) is 5.55. The number of amides is 1. The van der Waals surface area contributed by atoms with Gasteiger partial charge in [-0.2, -0.15) is 0 Å². The number of hydrogen-bond donors (Lipinski definition) is 0. The smallest absolute Gasteiger partial charge is 0.261 e. The second kappa shape index (κ2) is 8.08. The number of benzene rings is 1. The van der Waals surface area contributed by atoms with Crippen LogP contribution in [0, 0.1) is 0 Å². The molecule has 1 fully saturated rings. The van der Waals surface area contributed by atoms with E-state index in [1.807, 2.05) is 42.1 Å². The van der Waals surface area contributed by atoms with Crippen molar-refractivity contribution in [1.82, 2.24) is 9.88 Å². The Morgan fingerprint density at radius 3 is 2.65 bits per heavy atom. The van der Waals surface area contributed by atoms with Crippen LogP contribution in [0.3, 0.4) is 0 Å². The van der Waals surface area contributed by atoms with E-state index in [2.05, 4.69) is 11.1 Å². The summed E-state index contributed by atoms with van der Waals surface area (Å²) in [5, 5.41) is 0. The van der Waals surface area contributed by atoms with Crippen LogP contribution >= 0.6 is 0 Å². The lowest BCUT2D eigenvalue weighted by atomic mass is 10.1. The van der Waals surface area contributed by atoms with Crippen LogP contribution < -0.4 is 14.4 Å². The molecule has 1 aromatic heterocycles. The molecule has 3 rings (SSSR count). The lowest BCUT2D eigenvalue weighted by Crippen LogP contribution is -2.34. The van der Waals surface area contributed by atoms with Crippen LogP contribution in [0.25, 0.3) is 0 Å². The van der Waals surface area contributed by atoms with Crippen LogP contribution in [0.5, 0.6) is 11.5 Å². The molecule has 0 aliphatic carbocycles. The van der Waals surface area contributed by atoms with Crippen molar-refractivity contribution < 1.29 is 14.3 Å². The quantitative estimate of drug-likeness (QED) is 0.797. The minimum atomic E-state index is 0.00605. The Hall–Kier alpha value is -2.76. The van der Waals surface area contributed by atoms with Gasteiger partial charge in [-0.05, 0) is 54.8 Å². The molecule has 26 heavy (non-hydrogen) atoms. The lowest BCUT2D eigenvalue weighted by Gasteiger charge is -2.26. The Balaban J connectivity index is 1.65. The summed E-state index contributed by atoms with van der Waals surface area (Å²) in [4.78, 5) is 20.9. The van der Waals surface area contributed by atoms with E-state index in [1.165, 1.54) is 0 Å². The average molecular weight is 355 g/mol. The summed E-state index contributed by atoms with van der Waals surface area (Å²) in [5.41, 5.74) is 1.12. The summed E-state index contributed by atoms with van der Waals surface area (Å²) in [6.45, 7) is 0.795. The lowest BCUT2D eigenvalue weighted by molar-refractivity contribution is -0.134. The van der Waals surface area contributed by atoms with Crippen molar-refractivity contribution >= 4 is 11.7 Å². The molecular weight excluding hydrogens is 330 g/mol. The molecule has 6 heteroatoms. The number of carbonyl (C=O) groups is 1. The highest BCUT2D eigenvalue weighted by atomic mass is 16.5. The molecule has 1 aromatic carbocycles. The van der Waals surface area contributed by atoms with Crippen LogP contribution in [0.1, 0.15) is 24.4 Å². The first-order chi connectivity index (χ1) is 12.6. The number of pyridine rings is 1. The molecule has 1 aliphatic rings. The number of likely N-dealkylation sites (tertiary alicyclic amines) is 1. The predicted octanol–water partition coefficient (Wildman–Crippen LogP) is 2.90. The van der Waals surface area contributed by atoms with Crippen molar-refractivity contribution in [1.29, 1.82) is 0 Å². The van der Waals surface area contributed by atoms with E-state index in [-0.39, 0.29) is 18.6 Å². The van der Waals surface area contributed by atoms with Gasteiger partial charge in [0.2, 0.25) is 0 Å². The van der Waals surface area contributed by atoms with Crippen molar-refractivity contribution in [3.05, 3.63) is 48.2 Å². The van der Waals surface area contributed by atoms with Gasteiger partial charge in [-0.15, -0.1) is 0 Å². The maximum Gasteiger partial charge on any atom is 0.261 e. The second-order valence-electron chi connectivity index (χ2n) is 6.55. The Labute approximate surface area is 154 Å². The van der Waals surface area contributed by atoms with Crippen molar-refractivity contribution in [2.24, 2.45) is 0 Å².